The van der Waals surface area contributed by atoms with Crippen molar-refractivity contribution in [2.24, 2.45) is 0 Å². The Labute approximate surface area is 134 Å². The molecule has 2 atom stereocenters. The number of halogens is 2. The monoisotopic (exact) mass is 312 g/mol. The summed E-state index contributed by atoms with van der Waals surface area (Å²) in [5.41, 5.74) is 5.10. The first-order valence-corrected chi connectivity index (χ1v) is 7.91. The van der Waals surface area contributed by atoms with Crippen molar-refractivity contribution in [1.29, 1.82) is 0 Å². The lowest BCUT2D eigenvalue weighted by molar-refractivity contribution is 0.672. The Balaban J connectivity index is 1.69. The van der Waals surface area contributed by atoms with E-state index in [4.69, 9.17) is 23.2 Å². The standard InChI is InChI=1S/C19H14Cl2/c20-18-9-12-5-1-3-7-14(12)16(18)11-17-15-8-4-2-6-13(15)10-19(17)21/h1-10,16-17H,11H2. The lowest BCUT2D eigenvalue weighted by Crippen LogP contribution is -2.04. The molecule has 0 N–H and O–H groups in total. The number of fused-ring (bicyclic) bond motifs is 2. The minimum absolute atomic E-state index is 0.251. The Hall–Kier alpha value is -1.50. The summed E-state index contributed by atoms with van der Waals surface area (Å²) < 4.78 is 0. The van der Waals surface area contributed by atoms with Crippen LogP contribution in [0.25, 0.3) is 12.2 Å². The summed E-state index contributed by atoms with van der Waals surface area (Å²) in [7, 11) is 0. The van der Waals surface area contributed by atoms with E-state index in [0.29, 0.717) is 0 Å². The molecule has 0 saturated carbocycles. The fraction of sp³-hybridized carbons (Fsp3) is 0.158. The molecule has 2 aromatic carbocycles. The highest BCUT2D eigenvalue weighted by atomic mass is 35.5. The SMILES string of the molecule is ClC1=Cc2ccccc2C1CC1C(Cl)=Cc2ccccc21. The van der Waals surface area contributed by atoms with Gasteiger partial charge in [0, 0.05) is 21.9 Å². The lowest BCUT2D eigenvalue weighted by atomic mass is 9.87. The molecule has 0 aromatic heterocycles. The van der Waals surface area contributed by atoms with Gasteiger partial charge in [-0.3, -0.25) is 0 Å². The number of hydrogen-bond donors (Lipinski definition) is 0. The molecule has 2 aliphatic carbocycles. The molecule has 0 bridgehead atoms. The van der Waals surface area contributed by atoms with E-state index < -0.39 is 0 Å². The van der Waals surface area contributed by atoms with Crippen molar-refractivity contribution in [3.05, 3.63) is 80.8 Å². The maximum Gasteiger partial charge on any atom is 0.0262 e. The van der Waals surface area contributed by atoms with Gasteiger partial charge in [0.2, 0.25) is 0 Å². The maximum atomic E-state index is 6.50. The van der Waals surface area contributed by atoms with Gasteiger partial charge in [0.05, 0.1) is 0 Å². The maximum absolute atomic E-state index is 6.50. The molecule has 0 amide bonds. The first-order valence-electron chi connectivity index (χ1n) is 7.16. The summed E-state index contributed by atoms with van der Waals surface area (Å²) in [5.74, 6) is 0.502. The van der Waals surface area contributed by atoms with Crippen molar-refractivity contribution < 1.29 is 0 Å². The van der Waals surface area contributed by atoms with Gasteiger partial charge >= 0.3 is 0 Å². The van der Waals surface area contributed by atoms with E-state index in [-0.39, 0.29) is 11.8 Å². The van der Waals surface area contributed by atoms with Crippen molar-refractivity contribution >= 4 is 35.4 Å². The number of benzene rings is 2. The van der Waals surface area contributed by atoms with E-state index in [9.17, 15) is 0 Å². The minimum atomic E-state index is 0.251. The van der Waals surface area contributed by atoms with Crippen LogP contribution in [0.3, 0.4) is 0 Å². The Kier molecular flexibility index (Phi) is 3.17. The molecule has 0 aliphatic heterocycles. The zero-order chi connectivity index (χ0) is 14.4. The average molecular weight is 313 g/mol. The predicted molar refractivity (Wildman–Crippen MR) is 90.6 cm³/mol. The van der Waals surface area contributed by atoms with Gasteiger partial charge in [-0.2, -0.15) is 0 Å². The highest BCUT2D eigenvalue weighted by molar-refractivity contribution is 6.34. The summed E-state index contributed by atoms with van der Waals surface area (Å²) in [6, 6.07) is 16.9. The van der Waals surface area contributed by atoms with E-state index in [1.165, 1.54) is 22.3 Å². The molecule has 2 aliphatic rings. The smallest absolute Gasteiger partial charge is 0.0262 e. The molecule has 2 unspecified atom stereocenters. The van der Waals surface area contributed by atoms with E-state index in [0.717, 1.165) is 16.5 Å². The Bertz CT molecular complexity index is 705. The first-order chi connectivity index (χ1) is 10.2. The lowest BCUT2D eigenvalue weighted by Gasteiger charge is -2.20. The van der Waals surface area contributed by atoms with Crippen LogP contribution in [0.1, 0.15) is 40.5 Å². The van der Waals surface area contributed by atoms with Gasteiger partial charge in [-0.05, 0) is 40.8 Å². The van der Waals surface area contributed by atoms with Crippen molar-refractivity contribution in [3.8, 4) is 0 Å². The molecule has 104 valence electrons. The van der Waals surface area contributed by atoms with Gasteiger partial charge in [0.25, 0.3) is 0 Å². The van der Waals surface area contributed by atoms with Crippen LogP contribution < -0.4 is 0 Å². The molecule has 0 saturated heterocycles. The molecule has 0 fully saturated rings. The zero-order valence-corrected chi connectivity index (χ0v) is 12.9. The van der Waals surface area contributed by atoms with Crippen molar-refractivity contribution in [2.75, 3.05) is 0 Å². The predicted octanol–water partition coefficient (Wildman–Crippen LogP) is 6.13. The van der Waals surface area contributed by atoms with Gasteiger partial charge in [-0.15, -0.1) is 0 Å². The van der Waals surface area contributed by atoms with Crippen LogP contribution >= 0.6 is 23.2 Å². The van der Waals surface area contributed by atoms with E-state index in [2.05, 4.69) is 60.7 Å². The highest BCUT2D eigenvalue weighted by Crippen LogP contribution is 2.49. The Morgan fingerprint density at radius 1 is 0.667 bits per heavy atom. The third-order valence-corrected chi connectivity index (χ3v) is 5.21. The molecule has 0 radical (unpaired) electrons. The van der Waals surface area contributed by atoms with E-state index in [1.54, 1.807) is 0 Å². The van der Waals surface area contributed by atoms with Crippen LogP contribution in [-0.2, 0) is 0 Å². The second-order valence-electron chi connectivity index (χ2n) is 5.66. The normalized spacial score (nSPS) is 22.6. The number of rotatable bonds is 2. The van der Waals surface area contributed by atoms with Crippen LogP contribution in [0.2, 0.25) is 0 Å². The molecular formula is C19H14Cl2. The van der Waals surface area contributed by atoms with Gasteiger partial charge in [-0.25, -0.2) is 0 Å². The zero-order valence-electron chi connectivity index (χ0n) is 11.4. The average Bonchev–Trinajstić information content (AvgIpc) is 2.97. The molecule has 2 aromatic rings. The van der Waals surface area contributed by atoms with E-state index >= 15 is 0 Å². The second-order valence-corrected chi connectivity index (χ2v) is 6.53. The van der Waals surface area contributed by atoms with Crippen LogP contribution in [0.4, 0.5) is 0 Å². The topological polar surface area (TPSA) is 0 Å². The van der Waals surface area contributed by atoms with Gasteiger partial charge in [-0.1, -0.05) is 71.7 Å². The number of hydrogen-bond acceptors (Lipinski definition) is 0. The summed E-state index contributed by atoms with van der Waals surface area (Å²) in [4.78, 5) is 0. The minimum Gasteiger partial charge on any atom is -0.0885 e. The van der Waals surface area contributed by atoms with Gasteiger partial charge in [0.15, 0.2) is 0 Å². The summed E-state index contributed by atoms with van der Waals surface area (Å²) in [6.07, 6.45) is 5.10. The summed E-state index contributed by atoms with van der Waals surface area (Å²) in [6.45, 7) is 0. The molecule has 0 nitrogen and oxygen atoms in total. The molecule has 2 heteroatoms. The Morgan fingerprint density at radius 3 is 1.57 bits per heavy atom. The molecule has 0 spiro atoms. The van der Waals surface area contributed by atoms with Crippen LogP contribution in [0, 0.1) is 0 Å². The molecule has 4 rings (SSSR count). The van der Waals surface area contributed by atoms with Gasteiger partial charge < -0.3 is 0 Å². The number of allylic oxidation sites excluding steroid dienone is 2. The fourth-order valence-corrected chi connectivity index (χ4v) is 4.08. The van der Waals surface area contributed by atoms with E-state index in [1.807, 2.05) is 0 Å². The van der Waals surface area contributed by atoms with Crippen molar-refractivity contribution in [1.82, 2.24) is 0 Å². The first kappa shape index (κ1) is 13.2. The largest absolute Gasteiger partial charge is 0.0885 e. The summed E-state index contributed by atoms with van der Waals surface area (Å²) in [5, 5.41) is 1.84. The third kappa shape index (κ3) is 2.14. The van der Waals surface area contributed by atoms with Crippen LogP contribution in [-0.4, -0.2) is 0 Å². The van der Waals surface area contributed by atoms with Crippen LogP contribution in [0.15, 0.2) is 58.6 Å². The van der Waals surface area contributed by atoms with Crippen LogP contribution in [0.5, 0.6) is 0 Å². The molecule has 21 heavy (non-hydrogen) atoms. The highest BCUT2D eigenvalue weighted by Gasteiger charge is 2.31. The third-order valence-electron chi connectivity index (χ3n) is 4.47. The fourth-order valence-electron chi connectivity index (χ4n) is 3.43. The second kappa shape index (κ2) is 5.05. The quantitative estimate of drug-likeness (QED) is 0.625. The van der Waals surface area contributed by atoms with Gasteiger partial charge in [0.1, 0.15) is 0 Å². The molecule has 0 heterocycles. The summed E-state index contributed by atoms with van der Waals surface area (Å²) >= 11 is 13.0. The van der Waals surface area contributed by atoms with Crippen molar-refractivity contribution in [3.63, 3.8) is 0 Å². The molecular weight excluding hydrogens is 299 g/mol. The Morgan fingerprint density at radius 2 is 1.10 bits per heavy atom. The van der Waals surface area contributed by atoms with Crippen molar-refractivity contribution in [2.45, 2.75) is 18.3 Å².